The van der Waals surface area contributed by atoms with Crippen molar-refractivity contribution in [3.63, 3.8) is 0 Å². The minimum absolute atomic E-state index is 0.276. The number of alkyl halides is 3. The number of hydrogen-bond acceptors (Lipinski definition) is 2. The van der Waals surface area contributed by atoms with Gasteiger partial charge in [-0.1, -0.05) is 18.2 Å². The Labute approximate surface area is 115 Å². The van der Waals surface area contributed by atoms with Gasteiger partial charge < -0.3 is 0 Å². The molecule has 0 spiro atoms. The van der Waals surface area contributed by atoms with Crippen LogP contribution in [0.5, 0.6) is 0 Å². The summed E-state index contributed by atoms with van der Waals surface area (Å²) in [6, 6.07) is 3.04. The smallest absolute Gasteiger partial charge is 0.290 e. The third-order valence-corrected chi connectivity index (χ3v) is 4.05. The van der Waals surface area contributed by atoms with E-state index in [9.17, 15) is 22.8 Å². The van der Waals surface area contributed by atoms with Crippen molar-refractivity contribution in [3.05, 3.63) is 47.6 Å². The zero-order valence-electron chi connectivity index (χ0n) is 10.1. The van der Waals surface area contributed by atoms with E-state index in [1.54, 1.807) is 23.5 Å². The highest BCUT2D eigenvalue weighted by atomic mass is 32.2. The van der Waals surface area contributed by atoms with Gasteiger partial charge in [0.1, 0.15) is 0 Å². The van der Waals surface area contributed by atoms with E-state index < -0.39 is 22.2 Å². The van der Waals surface area contributed by atoms with Gasteiger partial charge in [0.15, 0.2) is 10.9 Å². The van der Waals surface area contributed by atoms with E-state index in [2.05, 4.69) is 0 Å². The number of carbonyl (C=O) groups is 1. The number of benzene rings is 1. The van der Waals surface area contributed by atoms with E-state index in [0.717, 1.165) is 12.1 Å². The lowest BCUT2D eigenvalue weighted by atomic mass is 10.0. The quantitative estimate of drug-likeness (QED) is 0.626. The molecule has 1 aliphatic rings. The summed E-state index contributed by atoms with van der Waals surface area (Å²) in [6.45, 7) is 0. The van der Waals surface area contributed by atoms with Crippen LogP contribution in [0.3, 0.4) is 0 Å². The van der Waals surface area contributed by atoms with Crippen LogP contribution in [0.4, 0.5) is 13.2 Å². The molecule has 0 saturated heterocycles. The van der Waals surface area contributed by atoms with Crippen molar-refractivity contribution in [1.82, 2.24) is 0 Å². The number of allylic oxidation sites excluding steroid dienone is 4. The topological polar surface area (TPSA) is 34.1 Å². The fourth-order valence-electron chi connectivity index (χ4n) is 1.91. The second kappa shape index (κ2) is 5.61. The van der Waals surface area contributed by atoms with Crippen molar-refractivity contribution in [2.45, 2.75) is 17.5 Å². The van der Waals surface area contributed by atoms with E-state index in [1.165, 1.54) is 6.07 Å². The summed E-state index contributed by atoms with van der Waals surface area (Å²) in [7, 11) is -1.47. The van der Waals surface area contributed by atoms with Gasteiger partial charge in [-0.05, 0) is 46.2 Å². The Kier molecular flexibility index (Phi) is 4.06. The maximum Gasteiger partial charge on any atom is 0.416 e. The molecule has 20 heavy (non-hydrogen) atoms. The number of hydrogen-bond donors (Lipinski definition) is 0. The molecular formula is C14H9F3O2S. The average molecular weight is 298 g/mol. The predicted octanol–water partition coefficient (Wildman–Crippen LogP) is 3.93. The van der Waals surface area contributed by atoms with E-state index in [0.29, 0.717) is 17.6 Å². The lowest BCUT2D eigenvalue weighted by Gasteiger charge is -2.13. The first kappa shape index (κ1) is 14.5. The summed E-state index contributed by atoms with van der Waals surface area (Å²) in [6.07, 6.45) is 1.20. The Hall–Kier alpha value is -1.91. The van der Waals surface area contributed by atoms with Crippen molar-refractivity contribution in [1.29, 1.82) is 0 Å². The zero-order valence-corrected chi connectivity index (χ0v) is 10.9. The van der Waals surface area contributed by atoms with Crippen molar-refractivity contribution in [2.24, 2.45) is 0 Å². The molecule has 6 heteroatoms. The average Bonchev–Trinajstić information content (AvgIpc) is 2.93. The molecule has 0 aliphatic heterocycles. The van der Waals surface area contributed by atoms with Gasteiger partial charge in [-0.15, -0.1) is 0 Å². The molecule has 1 aromatic rings. The van der Waals surface area contributed by atoms with Gasteiger partial charge in [0, 0.05) is 4.90 Å². The Balaban J connectivity index is 2.64. The van der Waals surface area contributed by atoms with Gasteiger partial charge in [-0.2, -0.15) is 13.2 Å². The van der Waals surface area contributed by atoms with Crippen molar-refractivity contribution < 1.29 is 22.8 Å². The summed E-state index contributed by atoms with van der Waals surface area (Å²) in [5.41, 5.74) is 0.538. The number of rotatable bonds is 3. The minimum atomic E-state index is -4.47. The largest absolute Gasteiger partial charge is 0.416 e. The summed E-state index contributed by atoms with van der Waals surface area (Å²) in [4.78, 5) is 21.9. The second-order valence-corrected chi connectivity index (χ2v) is 5.52. The van der Waals surface area contributed by atoms with Crippen LogP contribution in [-0.4, -0.2) is 10.9 Å². The minimum Gasteiger partial charge on any atom is -0.290 e. The van der Waals surface area contributed by atoms with Crippen LogP contribution >= 0.6 is 10.5 Å². The first-order chi connectivity index (χ1) is 9.47. The van der Waals surface area contributed by atoms with Gasteiger partial charge in [0.2, 0.25) is 0 Å². The SMILES string of the molecule is O=C=S(C=O)c1ccc(C(F)(F)F)cc1C1=CC=CC1. The van der Waals surface area contributed by atoms with Gasteiger partial charge in [0.05, 0.1) is 5.56 Å². The van der Waals surface area contributed by atoms with Gasteiger partial charge in [0.25, 0.3) is 0 Å². The third-order valence-electron chi connectivity index (χ3n) is 2.85. The fourth-order valence-corrected chi connectivity index (χ4v) is 2.79. The Morgan fingerprint density at radius 2 is 2.05 bits per heavy atom. The van der Waals surface area contributed by atoms with Crippen LogP contribution in [0.1, 0.15) is 17.5 Å². The molecule has 104 valence electrons. The number of carbonyl (C=O) groups excluding carboxylic acids is 2. The van der Waals surface area contributed by atoms with Crippen molar-refractivity contribution >= 4 is 26.9 Å². The summed E-state index contributed by atoms with van der Waals surface area (Å²) >= 11 is 0. The molecule has 1 aromatic carbocycles. The fraction of sp³-hybridized carbons (Fsp3) is 0.143. The summed E-state index contributed by atoms with van der Waals surface area (Å²) in [5, 5.41) is 1.57. The van der Waals surface area contributed by atoms with E-state index in [1.807, 2.05) is 0 Å². The van der Waals surface area contributed by atoms with Crippen LogP contribution < -0.4 is 0 Å². The highest BCUT2D eigenvalue weighted by molar-refractivity contribution is 8.25. The first-order valence-electron chi connectivity index (χ1n) is 5.61. The van der Waals surface area contributed by atoms with Crippen LogP contribution in [-0.2, 0) is 15.8 Å². The van der Waals surface area contributed by atoms with Gasteiger partial charge in [-0.25, -0.2) is 4.79 Å². The lowest BCUT2D eigenvalue weighted by Crippen LogP contribution is -2.06. The van der Waals surface area contributed by atoms with Crippen LogP contribution in [0.2, 0.25) is 0 Å². The third kappa shape index (κ3) is 2.81. The Bertz CT molecular complexity index is 665. The standard InChI is InChI=1S/C14H9F3O2S/c15-14(16,17)11-5-6-13(20(8-18)9-19)12(7-11)10-3-1-2-4-10/h1-3,5-8H,4H2. The predicted molar refractivity (Wildman–Crippen MR) is 71.5 cm³/mol. The highest BCUT2D eigenvalue weighted by Crippen LogP contribution is 2.38. The molecule has 0 radical (unpaired) electrons. The van der Waals surface area contributed by atoms with Crippen LogP contribution in [0.25, 0.3) is 5.57 Å². The molecule has 1 atom stereocenters. The molecule has 1 unspecified atom stereocenters. The molecule has 0 fully saturated rings. The molecule has 0 amide bonds. The maximum atomic E-state index is 12.8. The van der Waals surface area contributed by atoms with Crippen LogP contribution in [0, 0.1) is 0 Å². The highest BCUT2D eigenvalue weighted by Gasteiger charge is 2.31. The van der Waals surface area contributed by atoms with Gasteiger partial charge >= 0.3 is 6.18 Å². The van der Waals surface area contributed by atoms with Crippen molar-refractivity contribution in [3.8, 4) is 0 Å². The second-order valence-electron chi connectivity index (χ2n) is 4.05. The Morgan fingerprint density at radius 1 is 1.30 bits per heavy atom. The molecule has 0 N–H and O–H groups in total. The summed E-state index contributed by atoms with van der Waals surface area (Å²) < 4.78 is 38.3. The van der Waals surface area contributed by atoms with E-state index in [-0.39, 0.29) is 10.5 Å². The molecule has 0 aromatic heterocycles. The molecule has 1 aliphatic carbocycles. The molecule has 0 heterocycles. The summed E-state index contributed by atoms with van der Waals surface area (Å²) in [5.74, 6) is 0. The maximum absolute atomic E-state index is 12.8. The lowest BCUT2D eigenvalue weighted by molar-refractivity contribution is -0.137. The monoisotopic (exact) mass is 298 g/mol. The Morgan fingerprint density at radius 3 is 2.55 bits per heavy atom. The van der Waals surface area contributed by atoms with Crippen molar-refractivity contribution in [2.75, 3.05) is 0 Å². The molecule has 2 nitrogen and oxygen atoms in total. The van der Waals surface area contributed by atoms with E-state index in [4.69, 9.17) is 0 Å². The molecule has 0 saturated carbocycles. The van der Waals surface area contributed by atoms with Gasteiger partial charge in [-0.3, -0.25) is 4.79 Å². The first-order valence-corrected chi connectivity index (χ1v) is 6.89. The zero-order chi connectivity index (χ0) is 14.8. The molecule has 0 bridgehead atoms. The van der Waals surface area contributed by atoms with E-state index >= 15 is 0 Å². The molecule has 2 rings (SSSR count). The normalized spacial score (nSPS) is 15.7. The van der Waals surface area contributed by atoms with Crippen LogP contribution in [0.15, 0.2) is 41.3 Å². The molecular weight excluding hydrogens is 289 g/mol. The number of halogens is 3.